The number of aromatic nitrogens is 4. The first-order chi connectivity index (χ1) is 13.0. The molecular formula is C19H13N5O3. The summed E-state index contributed by atoms with van der Waals surface area (Å²) < 4.78 is 8.18. The predicted octanol–water partition coefficient (Wildman–Crippen LogP) is 0.267. The molecule has 8 nitrogen and oxygen atoms in total. The number of hydrogen-bond acceptors (Lipinski definition) is 5. The largest absolute Gasteiger partial charge is 0.497 e. The molecular weight excluding hydrogens is 346 g/mol. The van der Waals surface area contributed by atoms with Crippen molar-refractivity contribution in [2.75, 3.05) is 7.11 Å². The maximum absolute atomic E-state index is 12.6. The highest BCUT2D eigenvalue weighted by Crippen LogP contribution is 2.12. The third-order valence-electron chi connectivity index (χ3n) is 3.88. The van der Waals surface area contributed by atoms with Crippen LogP contribution < -0.4 is 16.0 Å². The van der Waals surface area contributed by atoms with Gasteiger partial charge in [-0.1, -0.05) is 17.9 Å². The Kier molecular flexibility index (Phi) is 4.53. The van der Waals surface area contributed by atoms with Crippen LogP contribution in [0.15, 0.2) is 33.9 Å². The maximum Gasteiger partial charge on any atom is 0.333 e. The second kappa shape index (κ2) is 6.95. The van der Waals surface area contributed by atoms with Crippen LogP contribution >= 0.6 is 0 Å². The minimum Gasteiger partial charge on any atom is -0.497 e. The van der Waals surface area contributed by atoms with Crippen LogP contribution in [0.1, 0.15) is 11.4 Å². The number of rotatable bonds is 2. The van der Waals surface area contributed by atoms with Crippen LogP contribution in [0.4, 0.5) is 0 Å². The zero-order valence-corrected chi connectivity index (χ0v) is 14.6. The summed E-state index contributed by atoms with van der Waals surface area (Å²) >= 11 is 0. The molecule has 27 heavy (non-hydrogen) atoms. The van der Waals surface area contributed by atoms with Crippen molar-refractivity contribution in [3.8, 4) is 36.1 Å². The third kappa shape index (κ3) is 2.95. The van der Waals surface area contributed by atoms with E-state index in [1.165, 1.54) is 11.6 Å². The molecule has 0 atom stereocenters. The van der Waals surface area contributed by atoms with Crippen LogP contribution in [-0.4, -0.2) is 25.8 Å². The fourth-order valence-electron chi connectivity index (χ4n) is 2.56. The first kappa shape index (κ1) is 17.6. The molecule has 0 bridgehead atoms. The zero-order chi connectivity index (χ0) is 19.6. The van der Waals surface area contributed by atoms with Gasteiger partial charge in [0.25, 0.3) is 5.56 Å². The Morgan fingerprint density at radius 1 is 1.30 bits per heavy atom. The lowest BCUT2D eigenvalue weighted by atomic mass is 10.2. The van der Waals surface area contributed by atoms with E-state index in [4.69, 9.17) is 11.2 Å². The van der Waals surface area contributed by atoms with Gasteiger partial charge in [0, 0.05) is 12.6 Å². The summed E-state index contributed by atoms with van der Waals surface area (Å²) in [4.78, 5) is 29.1. The molecule has 2 aromatic heterocycles. The Hall–Kier alpha value is -4.22. The lowest BCUT2D eigenvalue weighted by Gasteiger charge is -2.04. The van der Waals surface area contributed by atoms with Crippen molar-refractivity contribution in [2.45, 2.75) is 6.54 Å². The highest BCUT2D eigenvalue weighted by Gasteiger charge is 2.19. The third-order valence-corrected chi connectivity index (χ3v) is 3.88. The molecule has 0 saturated heterocycles. The van der Waals surface area contributed by atoms with Crippen LogP contribution in [-0.2, 0) is 13.6 Å². The van der Waals surface area contributed by atoms with E-state index < -0.39 is 11.2 Å². The number of methoxy groups -OCH3 is 1. The van der Waals surface area contributed by atoms with Gasteiger partial charge in [-0.3, -0.25) is 9.36 Å². The van der Waals surface area contributed by atoms with Gasteiger partial charge >= 0.3 is 5.69 Å². The van der Waals surface area contributed by atoms with Crippen molar-refractivity contribution in [1.29, 1.82) is 5.26 Å². The van der Waals surface area contributed by atoms with Gasteiger partial charge in [0.2, 0.25) is 5.82 Å². The van der Waals surface area contributed by atoms with Gasteiger partial charge in [0.05, 0.1) is 13.7 Å². The van der Waals surface area contributed by atoms with E-state index in [0.717, 1.165) is 9.13 Å². The van der Waals surface area contributed by atoms with E-state index in [0.29, 0.717) is 11.3 Å². The molecule has 3 rings (SSSR count). The number of terminal acetylenes is 1. The summed E-state index contributed by atoms with van der Waals surface area (Å²) in [5, 5.41) is 9.50. The van der Waals surface area contributed by atoms with Crippen LogP contribution in [0.3, 0.4) is 0 Å². The normalized spacial score (nSPS) is 9.93. The number of fused-ring (bicyclic) bond motifs is 1. The Morgan fingerprint density at radius 2 is 2.07 bits per heavy atom. The van der Waals surface area contributed by atoms with E-state index in [2.05, 4.69) is 22.7 Å². The molecule has 0 unspecified atom stereocenters. The Labute approximate surface area is 153 Å². The molecule has 0 saturated carbocycles. The minimum atomic E-state index is -0.686. The van der Waals surface area contributed by atoms with E-state index in [1.54, 1.807) is 31.4 Å². The number of imidazole rings is 1. The summed E-state index contributed by atoms with van der Waals surface area (Å²) in [7, 11) is 2.99. The van der Waals surface area contributed by atoms with Crippen molar-refractivity contribution < 1.29 is 4.74 Å². The lowest BCUT2D eigenvalue weighted by Crippen LogP contribution is -2.39. The van der Waals surface area contributed by atoms with Crippen LogP contribution in [0.25, 0.3) is 11.2 Å². The summed E-state index contributed by atoms with van der Waals surface area (Å²) in [6, 6.07) is 7.05. The van der Waals surface area contributed by atoms with E-state index in [1.807, 2.05) is 6.19 Å². The molecule has 0 spiro atoms. The van der Waals surface area contributed by atoms with Gasteiger partial charge in [-0.05, 0) is 24.1 Å². The fraction of sp³-hybridized carbons (Fsp3) is 0.158. The molecule has 0 radical (unpaired) electrons. The number of nitrogens with zero attached hydrogens (tertiary/aromatic N) is 5. The van der Waals surface area contributed by atoms with Crippen molar-refractivity contribution in [3.05, 3.63) is 56.5 Å². The molecule has 2 heterocycles. The maximum atomic E-state index is 12.6. The van der Waals surface area contributed by atoms with Gasteiger partial charge in [0.1, 0.15) is 5.75 Å². The second-order valence-electron chi connectivity index (χ2n) is 5.46. The van der Waals surface area contributed by atoms with E-state index >= 15 is 0 Å². The van der Waals surface area contributed by atoms with Crippen molar-refractivity contribution in [3.63, 3.8) is 0 Å². The van der Waals surface area contributed by atoms with E-state index in [9.17, 15) is 14.9 Å². The van der Waals surface area contributed by atoms with Gasteiger partial charge in [0.15, 0.2) is 17.4 Å². The smallest absolute Gasteiger partial charge is 0.333 e. The van der Waals surface area contributed by atoms with Crippen molar-refractivity contribution in [2.24, 2.45) is 7.05 Å². The molecule has 132 valence electrons. The summed E-state index contributed by atoms with van der Waals surface area (Å²) in [5.74, 6) is 8.57. The van der Waals surface area contributed by atoms with E-state index in [-0.39, 0.29) is 23.5 Å². The van der Waals surface area contributed by atoms with Crippen LogP contribution in [0, 0.1) is 35.6 Å². The molecule has 0 aliphatic heterocycles. The molecule has 8 heteroatoms. The molecule has 0 aliphatic rings. The van der Waals surface area contributed by atoms with Gasteiger partial charge in [-0.25, -0.2) is 18.9 Å². The quantitative estimate of drug-likeness (QED) is 0.612. The Balaban J connectivity index is 2.27. The van der Waals surface area contributed by atoms with Crippen molar-refractivity contribution in [1.82, 2.24) is 18.7 Å². The number of nitriles is 1. The highest BCUT2D eigenvalue weighted by molar-refractivity contribution is 5.73. The van der Waals surface area contributed by atoms with Crippen LogP contribution in [0.5, 0.6) is 5.75 Å². The SMILES string of the molecule is C#CCn1c(=O)c2c(nc(C#Cc3cccc(OC)c3)n2C#N)n(C)c1=O. The molecule has 3 aromatic rings. The monoisotopic (exact) mass is 359 g/mol. The van der Waals surface area contributed by atoms with Crippen molar-refractivity contribution >= 4 is 11.2 Å². The lowest BCUT2D eigenvalue weighted by molar-refractivity contribution is 0.414. The molecule has 1 aromatic carbocycles. The molecule has 0 N–H and O–H groups in total. The van der Waals surface area contributed by atoms with Gasteiger partial charge in [-0.15, -0.1) is 6.42 Å². The molecule has 0 aliphatic carbocycles. The second-order valence-corrected chi connectivity index (χ2v) is 5.46. The predicted molar refractivity (Wildman–Crippen MR) is 98.1 cm³/mol. The average Bonchev–Trinajstić information content (AvgIpc) is 3.07. The fourth-order valence-corrected chi connectivity index (χ4v) is 2.56. The van der Waals surface area contributed by atoms with Gasteiger partial charge in [-0.2, -0.15) is 5.26 Å². The highest BCUT2D eigenvalue weighted by atomic mass is 16.5. The number of aryl methyl sites for hydroxylation is 1. The number of hydrogen-bond donors (Lipinski definition) is 0. The molecule has 0 amide bonds. The Bertz CT molecular complexity index is 1320. The molecule has 0 fully saturated rings. The number of ether oxygens (including phenoxy) is 1. The Morgan fingerprint density at radius 3 is 2.74 bits per heavy atom. The zero-order valence-electron chi connectivity index (χ0n) is 14.6. The standard InChI is InChI=1S/C19H13N5O3/c1-4-10-23-18(25)16-17(22(2)19(23)26)21-15(24(16)12-20)9-8-13-6-5-7-14(11-13)27-3/h1,5-7,11H,10H2,2-3H3. The number of benzene rings is 1. The average molecular weight is 359 g/mol. The first-order valence-corrected chi connectivity index (χ1v) is 7.73. The first-order valence-electron chi connectivity index (χ1n) is 7.73. The summed E-state index contributed by atoms with van der Waals surface area (Å²) in [6.07, 6.45) is 7.11. The topological polar surface area (TPSA) is 94.8 Å². The summed E-state index contributed by atoms with van der Waals surface area (Å²) in [5.41, 5.74) is -0.640. The van der Waals surface area contributed by atoms with Gasteiger partial charge < -0.3 is 4.74 Å². The summed E-state index contributed by atoms with van der Waals surface area (Å²) in [6.45, 7) is -0.205. The minimum absolute atomic E-state index is 0.0425. The van der Waals surface area contributed by atoms with Crippen LogP contribution in [0.2, 0.25) is 0 Å².